The van der Waals surface area contributed by atoms with Gasteiger partial charge in [0.05, 0.1) is 6.67 Å². The molecule has 2 heterocycles. The smallest absolute Gasteiger partial charge is 0.288 e. The van der Waals surface area contributed by atoms with Gasteiger partial charge in [-0.2, -0.15) is 0 Å². The Morgan fingerprint density at radius 1 is 1.09 bits per heavy atom. The van der Waals surface area contributed by atoms with E-state index in [0.717, 1.165) is 18.8 Å². The Balaban J connectivity index is 1.59. The lowest BCUT2D eigenvalue weighted by Crippen LogP contribution is -2.28. The molecule has 3 rings (SSSR count). The van der Waals surface area contributed by atoms with E-state index in [2.05, 4.69) is 10.00 Å². The summed E-state index contributed by atoms with van der Waals surface area (Å²) in [5.41, 5.74) is 0. The molecule has 118 valence electrons. The van der Waals surface area contributed by atoms with E-state index >= 15 is 0 Å². The molecule has 0 atom stereocenters. The second-order valence-electron chi connectivity index (χ2n) is 5.54. The molecule has 1 aromatic heterocycles. The lowest BCUT2D eigenvalue weighted by Gasteiger charge is -2.18. The molecule has 0 radical (unpaired) electrons. The molecule has 0 unspecified atom stereocenters. The average Bonchev–Trinajstić information content (AvgIpc) is 2.74. The van der Waals surface area contributed by atoms with Crippen LogP contribution in [-0.2, 0) is 13.3 Å². The molecule has 1 aliphatic rings. The summed E-state index contributed by atoms with van der Waals surface area (Å²) >= 11 is 5.26. The third-order valence-corrected chi connectivity index (χ3v) is 4.08. The first kappa shape index (κ1) is 15.2. The highest BCUT2D eigenvalue weighted by Crippen LogP contribution is 2.13. The Hall–Kier alpha value is -1.66. The maximum atomic E-state index is 5.64. The molecule has 0 aliphatic carbocycles. The molecule has 22 heavy (non-hydrogen) atoms. The van der Waals surface area contributed by atoms with E-state index in [4.69, 9.17) is 21.4 Å². The van der Waals surface area contributed by atoms with Crippen LogP contribution in [0.15, 0.2) is 34.7 Å². The topological polar surface area (TPSA) is 43.4 Å². The first-order valence-electron chi connectivity index (χ1n) is 7.78. The number of aromatic nitrogens is 2. The zero-order valence-corrected chi connectivity index (χ0v) is 13.4. The summed E-state index contributed by atoms with van der Waals surface area (Å²) in [4.78, 5) is 2.79. The number of nitrogens with zero attached hydrogens (tertiary/aromatic N) is 3. The zero-order valence-electron chi connectivity index (χ0n) is 12.6. The summed E-state index contributed by atoms with van der Waals surface area (Å²) in [6.45, 7) is 3.20. The fourth-order valence-corrected chi connectivity index (χ4v) is 2.82. The van der Waals surface area contributed by atoms with Crippen LogP contribution in [0, 0.1) is 4.84 Å². The largest absolute Gasteiger partial charge is 0.484 e. The second kappa shape index (κ2) is 7.56. The first-order valence-corrected chi connectivity index (χ1v) is 8.19. The Labute approximate surface area is 135 Å². The fourth-order valence-electron chi connectivity index (χ4n) is 2.63. The van der Waals surface area contributed by atoms with Gasteiger partial charge in [-0.3, -0.25) is 4.90 Å². The molecule has 0 spiro atoms. The molecular weight excluding hydrogens is 298 g/mol. The molecule has 0 saturated carbocycles. The third-order valence-electron chi connectivity index (χ3n) is 3.79. The normalized spacial score (nSPS) is 16.4. The van der Waals surface area contributed by atoms with Gasteiger partial charge in [-0.15, -0.1) is 5.10 Å². The van der Waals surface area contributed by atoms with Crippen molar-refractivity contribution in [2.45, 2.75) is 39.0 Å². The highest BCUT2D eigenvalue weighted by Gasteiger charge is 2.12. The van der Waals surface area contributed by atoms with E-state index in [-0.39, 0.29) is 0 Å². The predicted molar refractivity (Wildman–Crippen MR) is 86.1 cm³/mol. The number of ether oxygens (including phenoxy) is 1. The molecule has 0 N–H and O–H groups in total. The number of para-hydroxylation sites is 1. The van der Waals surface area contributed by atoms with Gasteiger partial charge in [-0.1, -0.05) is 31.0 Å². The van der Waals surface area contributed by atoms with Crippen molar-refractivity contribution in [3.05, 3.63) is 41.1 Å². The van der Waals surface area contributed by atoms with Crippen LogP contribution in [0.25, 0.3) is 0 Å². The minimum Gasteiger partial charge on any atom is -0.484 e. The van der Waals surface area contributed by atoms with Gasteiger partial charge in [0.1, 0.15) is 5.75 Å². The molecule has 0 amide bonds. The molecule has 1 aromatic carbocycles. The SMILES string of the molecule is S=c1oc(COc2ccccc2)nn1CN1CCCCCC1. The van der Waals surface area contributed by atoms with Crippen LogP contribution in [0.2, 0.25) is 0 Å². The van der Waals surface area contributed by atoms with Crippen molar-refractivity contribution in [3.63, 3.8) is 0 Å². The number of likely N-dealkylation sites (tertiary alicyclic amines) is 1. The second-order valence-corrected chi connectivity index (χ2v) is 5.89. The van der Waals surface area contributed by atoms with E-state index in [1.807, 2.05) is 30.3 Å². The van der Waals surface area contributed by atoms with Crippen molar-refractivity contribution in [1.29, 1.82) is 0 Å². The van der Waals surface area contributed by atoms with Crippen LogP contribution >= 0.6 is 12.2 Å². The van der Waals surface area contributed by atoms with Gasteiger partial charge in [-0.05, 0) is 50.3 Å². The quantitative estimate of drug-likeness (QED) is 0.788. The fraction of sp³-hybridized carbons (Fsp3) is 0.500. The van der Waals surface area contributed by atoms with Gasteiger partial charge >= 0.3 is 0 Å². The minimum absolute atomic E-state index is 0.292. The van der Waals surface area contributed by atoms with Crippen LogP contribution < -0.4 is 4.74 Å². The molecule has 1 saturated heterocycles. The van der Waals surface area contributed by atoms with E-state index in [9.17, 15) is 0 Å². The Morgan fingerprint density at radius 2 is 1.82 bits per heavy atom. The summed E-state index contributed by atoms with van der Waals surface area (Å²) < 4.78 is 12.9. The van der Waals surface area contributed by atoms with Crippen molar-refractivity contribution >= 4 is 12.2 Å². The molecule has 6 heteroatoms. The lowest BCUT2D eigenvalue weighted by atomic mass is 10.2. The summed E-state index contributed by atoms with van der Waals surface area (Å²) in [6, 6.07) is 9.63. The Kier molecular flexibility index (Phi) is 5.24. The van der Waals surface area contributed by atoms with Gasteiger partial charge in [0, 0.05) is 0 Å². The highest BCUT2D eigenvalue weighted by molar-refractivity contribution is 7.71. The number of hydrogen-bond acceptors (Lipinski definition) is 5. The molecule has 0 bridgehead atoms. The van der Waals surface area contributed by atoms with Crippen molar-refractivity contribution in [2.75, 3.05) is 13.1 Å². The number of benzene rings is 1. The summed E-state index contributed by atoms with van der Waals surface area (Å²) in [5, 5.41) is 4.43. The number of hydrogen-bond donors (Lipinski definition) is 0. The van der Waals surface area contributed by atoms with Gasteiger partial charge < -0.3 is 9.15 Å². The average molecular weight is 319 g/mol. The Bertz CT molecular complexity index is 630. The van der Waals surface area contributed by atoms with E-state index in [0.29, 0.717) is 24.0 Å². The van der Waals surface area contributed by atoms with Crippen molar-refractivity contribution in [1.82, 2.24) is 14.7 Å². The van der Waals surface area contributed by atoms with Crippen LogP contribution in [-0.4, -0.2) is 27.8 Å². The minimum atomic E-state index is 0.292. The van der Waals surface area contributed by atoms with Crippen LogP contribution in [0.1, 0.15) is 31.6 Å². The molecule has 1 fully saturated rings. The highest BCUT2D eigenvalue weighted by atomic mass is 32.1. The van der Waals surface area contributed by atoms with Crippen molar-refractivity contribution in [3.8, 4) is 5.75 Å². The van der Waals surface area contributed by atoms with Gasteiger partial charge in [0.15, 0.2) is 6.61 Å². The first-order chi connectivity index (χ1) is 10.8. The summed E-state index contributed by atoms with van der Waals surface area (Å²) in [7, 11) is 0. The lowest BCUT2D eigenvalue weighted by molar-refractivity contribution is 0.210. The van der Waals surface area contributed by atoms with E-state index in [1.54, 1.807) is 4.68 Å². The van der Waals surface area contributed by atoms with E-state index < -0.39 is 0 Å². The van der Waals surface area contributed by atoms with Crippen molar-refractivity contribution in [2.24, 2.45) is 0 Å². The van der Waals surface area contributed by atoms with Crippen molar-refractivity contribution < 1.29 is 9.15 Å². The maximum absolute atomic E-state index is 5.64. The van der Waals surface area contributed by atoms with Crippen LogP contribution in [0.3, 0.4) is 0 Å². The third kappa shape index (κ3) is 4.18. The van der Waals surface area contributed by atoms with Gasteiger partial charge in [-0.25, -0.2) is 4.68 Å². The molecule has 5 nitrogen and oxygen atoms in total. The van der Waals surface area contributed by atoms with E-state index in [1.165, 1.54) is 25.7 Å². The molecular formula is C16H21N3O2S. The molecule has 1 aliphatic heterocycles. The van der Waals surface area contributed by atoms with Crippen LogP contribution in [0.4, 0.5) is 0 Å². The zero-order chi connectivity index (χ0) is 15.2. The molecule has 2 aromatic rings. The summed E-state index contributed by atoms with van der Waals surface area (Å²) in [5.74, 6) is 1.31. The maximum Gasteiger partial charge on any atom is 0.288 e. The predicted octanol–water partition coefficient (Wildman–Crippen LogP) is 3.62. The van der Waals surface area contributed by atoms with Gasteiger partial charge in [0.25, 0.3) is 10.7 Å². The number of rotatable bonds is 5. The monoisotopic (exact) mass is 319 g/mol. The standard InChI is InChI=1S/C16H21N3O2S/c22-16-19(13-18-10-6-1-2-7-11-18)17-15(21-16)12-20-14-8-4-3-5-9-14/h3-5,8-9H,1-2,6-7,10-13H2. The van der Waals surface area contributed by atoms with Gasteiger partial charge in [0.2, 0.25) is 0 Å². The van der Waals surface area contributed by atoms with Crippen LogP contribution in [0.5, 0.6) is 5.75 Å². The summed E-state index contributed by atoms with van der Waals surface area (Å²) in [6.07, 6.45) is 5.12. The Morgan fingerprint density at radius 3 is 2.55 bits per heavy atom.